The summed E-state index contributed by atoms with van der Waals surface area (Å²) in [7, 11) is 0. The van der Waals surface area contributed by atoms with Crippen LogP contribution in [0, 0.1) is 0 Å². The van der Waals surface area contributed by atoms with Crippen LogP contribution in [0.15, 0.2) is 24.3 Å². The molecule has 4 nitrogen and oxygen atoms in total. The predicted molar refractivity (Wildman–Crippen MR) is 85.7 cm³/mol. The van der Waals surface area contributed by atoms with E-state index in [0.717, 1.165) is 31.6 Å². The Morgan fingerprint density at radius 2 is 2.24 bits per heavy atom. The fourth-order valence-electron chi connectivity index (χ4n) is 2.75. The molecule has 1 fully saturated rings. The topological polar surface area (TPSA) is 50.4 Å². The molecule has 2 atom stereocenters. The van der Waals surface area contributed by atoms with E-state index in [1.54, 1.807) is 0 Å². The number of amides is 1. The standard InChI is InChI=1S/C17H26N2O2/c1-4-17(3)12-15(9-10-21-17)19-14-8-6-7-13(11-14)16(20)18-5-2/h6-8,11,15,19H,4-5,9-10,12H2,1-3H3,(H,18,20). The molecule has 0 bridgehead atoms. The van der Waals surface area contributed by atoms with Crippen LogP contribution in [0.5, 0.6) is 0 Å². The smallest absolute Gasteiger partial charge is 0.251 e. The largest absolute Gasteiger partial charge is 0.382 e. The third-order valence-corrected chi connectivity index (χ3v) is 4.18. The average molecular weight is 290 g/mol. The molecule has 2 unspecified atom stereocenters. The van der Waals surface area contributed by atoms with Crippen LogP contribution in [0.2, 0.25) is 0 Å². The monoisotopic (exact) mass is 290 g/mol. The SMILES string of the molecule is CCNC(=O)c1cccc(NC2CCOC(C)(CC)C2)c1. The van der Waals surface area contributed by atoms with Crippen LogP contribution in [-0.4, -0.2) is 30.7 Å². The lowest BCUT2D eigenvalue weighted by molar-refractivity contribution is -0.0708. The molecule has 116 valence electrons. The van der Waals surface area contributed by atoms with Crippen molar-refractivity contribution in [3.05, 3.63) is 29.8 Å². The van der Waals surface area contributed by atoms with Crippen molar-refractivity contribution in [2.75, 3.05) is 18.5 Å². The summed E-state index contributed by atoms with van der Waals surface area (Å²) in [5, 5.41) is 6.38. The van der Waals surface area contributed by atoms with Crippen molar-refractivity contribution >= 4 is 11.6 Å². The van der Waals surface area contributed by atoms with Crippen molar-refractivity contribution in [1.29, 1.82) is 0 Å². The summed E-state index contributed by atoms with van der Waals surface area (Å²) in [6.45, 7) is 7.70. The molecule has 0 aromatic heterocycles. The minimum atomic E-state index is -0.0346. The minimum absolute atomic E-state index is 0.0217. The van der Waals surface area contributed by atoms with Crippen LogP contribution in [0.1, 0.15) is 50.4 Å². The molecule has 2 rings (SSSR count). The molecule has 21 heavy (non-hydrogen) atoms. The summed E-state index contributed by atoms with van der Waals surface area (Å²) >= 11 is 0. The van der Waals surface area contributed by atoms with E-state index in [0.29, 0.717) is 18.2 Å². The van der Waals surface area contributed by atoms with E-state index in [-0.39, 0.29) is 11.5 Å². The first-order valence-electron chi connectivity index (χ1n) is 7.85. The van der Waals surface area contributed by atoms with E-state index in [9.17, 15) is 4.79 Å². The van der Waals surface area contributed by atoms with Gasteiger partial charge in [0.1, 0.15) is 0 Å². The summed E-state index contributed by atoms with van der Waals surface area (Å²) in [5.41, 5.74) is 1.67. The van der Waals surface area contributed by atoms with Crippen LogP contribution < -0.4 is 10.6 Å². The van der Waals surface area contributed by atoms with Crippen LogP contribution >= 0.6 is 0 Å². The van der Waals surface area contributed by atoms with Gasteiger partial charge < -0.3 is 15.4 Å². The first kappa shape index (κ1) is 15.8. The molecule has 4 heteroatoms. The zero-order valence-corrected chi connectivity index (χ0v) is 13.2. The Balaban J connectivity index is 2.02. The van der Waals surface area contributed by atoms with Crippen LogP contribution in [-0.2, 0) is 4.74 Å². The summed E-state index contributed by atoms with van der Waals surface area (Å²) < 4.78 is 5.87. The Hall–Kier alpha value is -1.55. The van der Waals surface area contributed by atoms with Gasteiger partial charge in [0, 0.05) is 30.4 Å². The molecule has 2 N–H and O–H groups in total. The molecule has 1 saturated heterocycles. The van der Waals surface area contributed by atoms with E-state index in [2.05, 4.69) is 24.5 Å². The Kier molecular flexibility index (Phi) is 5.23. The second kappa shape index (κ2) is 6.94. The third kappa shape index (κ3) is 4.21. The third-order valence-electron chi connectivity index (χ3n) is 4.18. The average Bonchev–Trinajstić information content (AvgIpc) is 2.48. The highest BCUT2D eigenvalue weighted by molar-refractivity contribution is 5.95. The maximum absolute atomic E-state index is 11.9. The number of benzene rings is 1. The molecule has 1 aromatic carbocycles. The number of nitrogens with one attached hydrogen (secondary N) is 2. The van der Waals surface area contributed by atoms with E-state index in [4.69, 9.17) is 4.74 Å². The first-order chi connectivity index (χ1) is 10.1. The van der Waals surface area contributed by atoms with Crippen molar-refractivity contribution in [2.45, 2.75) is 51.7 Å². The van der Waals surface area contributed by atoms with Crippen molar-refractivity contribution in [3.8, 4) is 0 Å². The van der Waals surface area contributed by atoms with Crippen molar-refractivity contribution in [2.24, 2.45) is 0 Å². The van der Waals surface area contributed by atoms with Crippen molar-refractivity contribution in [1.82, 2.24) is 5.32 Å². The Labute approximate surface area is 127 Å². The highest BCUT2D eigenvalue weighted by atomic mass is 16.5. The molecule has 1 amide bonds. The second-order valence-electron chi connectivity index (χ2n) is 5.93. The van der Waals surface area contributed by atoms with Gasteiger partial charge in [-0.2, -0.15) is 0 Å². The van der Waals surface area contributed by atoms with E-state index in [1.165, 1.54) is 0 Å². The summed E-state index contributed by atoms with van der Waals surface area (Å²) in [4.78, 5) is 11.9. The van der Waals surface area contributed by atoms with Crippen LogP contribution in [0.3, 0.4) is 0 Å². The van der Waals surface area contributed by atoms with Gasteiger partial charge in [0.15, 0.2) is 0 Å². The zero-order chi connectivity index (χ0) is 15.3. The maximum Gasteiger partial charge on any atom is 0.251 e. The molecule has 0 spiro atoms. The number of carbonyl (C=O) groups excluding carboxylic acids is 1. The van der Waals surface area contributed by atoms with Crippen molar-refractivity contribution < 1.29 is 9.53 Å². The van der Waals surface area contributed by atoms with Gasteiger partial charge in [-0.25, -0.2) is 0 Å². The van der Waals surface area contributed by atoms with Gasteiger partial charge in [-0.3, -0.25) is 4.79 Å². The van der Waals surface area contributed by atoms with E-state index >= 15 is 0 Å². The fourth-order valence-corrected chi connectivity index (χ4v) is 2.75. The van der Waals surface area contributed by atoms with Gasteiger partial charge in [0.2, 0.25) is 0 Å². The number of hydrogen-bond donors (Lipinski definition) is 2. The Morgan fingerprint density at radius 3 is 2.95 bits per heavy atom. The molecule has 0 radical (unpaired) electrons. The molecular weight excluding hydrogens is 264 g/mol. The van der Waals surface area contributed by atoms with Gasteiger partial charge in [0.05, 0.1) is 5.60 Å². The van der Waals surface area contributed by atoms with Crippen LogP contribution in [0.4, 0.5) is 5.69 Å². The summed E-state index contributed by atoms with van der Waals surface area (Å²) in [5.74, 6) is -0.0217. The Morgan fingerprint density at radius 1 is 1.43 bits per heavy atom. The molecule has 0 aliphatic carbocycles. The lowest BCUT2D eigenvalue weighted by Crippen LogP contribution is -2.41. The maximum atomic E-state index is 11.9. The number of rotatable bonds is 5. The zero-order valence-electron chi connectivity index (χ0n) is 13.2. The normalized spacial score (nSPS) is 25.4. The number of anilines is 1. The molecule has 1 aliphatic rings. The lowest BCUT2D eigenvalue weighted by atomic mass is 9.90. The predicted octanol–water partition coefficient (Wildman–Crippen LogP) is 3.20. The highest BCUT2D eigenvalue weighted by Gasteiger charge is 2.31. The summed E-state index contributed by atoms with van der Waals surface area (Å²) in [6, 6.07) is 8.10. The Bertz CT molecular complexity index is 489. The summed E-state index contributed by atoms with van der Waals surface area (Å²) in [6.07, 6.45) is 3.01. The quantitative estimate of drug-likeness (QED) is 0.875. The van der Waals surface area contributed by atoms with E-state index < -0.39 is 0 Å². The fraction of sp³-hybridized carbons (Fsp3) is 0.588. The first-order valence-corrected chi connectivity index (χ1v) is 7.85. The van der Waals surface area contributed by atoms with Gasteiger partial charge in [0.25, 0.3) is 5.91 Å². The molecule has 0 saturated carbocycles. The van der Waals surface area contributed by atoms with E-state index in [1.807, 2.05) is 31.2 Å². The molecular formula is C17H26N2O2. The number of hydrogen-bond acceptors (Lipinski definition) is 3. The highest BCUT2D eigenvalue weighted by Crippen LogP contribution is 2.29. The van der Waals surface area contributed by atoms with Gasteiger partial charge in [-0.05, 0) is 51.3 Å². The molecule has 1 aromatic rings. The van der Waals surface area contributed by atoms with Crippen LogP contribution in [0.25, 0.3) is 0 Å². The minimum Gasteiger partial charge on any atom is -0.382 e. The number of carbonyl (C=O) groups is 1. The van der Waals surface area contributed by atoms with Gasteiger partial charge >= 0.3 is 0 Å². The lowest BCUT2D eigenvalue weighted by Gasteiger charge is -2.38. The van der Waals surface area contributed by atoms with Gasteiger partial charge in [-0.1, -0.05) is 13.0 Å². The molecule has 1 heterocycles. The number of ether oxygens (including phenoxy) is 1. The molecule has 1 aliphatic heterocycles. The second-order valence-corrected chi connectivity index (χ2v) is 5.93. The van der Waals surface area contributed by atoms with Crippen molar-refractivity contribution in [3.63, 3.8) is 0 Å². The van der Waals surface area contributed by atoms with Gasteiger partial charge in [-0.15, -0.1) is 0 Å².